The largest absolute Gasteiger partial charge is 0.345 e. The molecule has 126 valence electrons. The van der Waals surface area contributed by atoms with Crippen LogP contribution >= 0.6 is 12.4 Å². The number of amides is 2. The summed E-state index contributed by atoms with van der Waals surface area (Å²) in [6.45, 7) is 1.54. The SMILES string of the molecule is CN(C)C(=O)c1cccc(C(=O)N2CC3CCC(N)C3C2)c1.Cl. The molecule has 2 fully saturated rings. The van der Waals surface area contributed by atoms with E-state index in [-0.39, 0.29) is 30.3 Å². The summed E-state index contributed by atoms with van der Waals surface area (Å²) in [5, 5.41) is 0. The number of rotatable bonds is 2. The lowest BCUT2D eigenvalue weighted by Gasteiger charge is -2.19. The summed E-state index contributed by atoms with van der Waals surface area (Å²) >= 11 is 0. The zero-order valence-corrected chi connectivity index (χ0v) is 14.4. The van der Waals surface area contributed by atoms with E-state index < -0.39 is 0 Å². The van der Waals surface area contributed by atoms with Crippen LogP contribution in [0.4, 0.5) is 0 Å². The van der Waals surface area contributed by atoms with Crippen molar-refractivity contribution < 1.29 is 9.59 Å². The molecule has 3 unspecified atom stereocenters. The van der Waals surface area contributed by atoms with Gasteiger partial charge < -0.3 is 15.5 Å². The van der Waals surface area contributed by atoms with E-state index in [4.69, 9.17) is 5.73 Å². The molecule has 0 spiro atoms. The predicted octanol–water partition coefficient (Wildman–Crippen LogP) is 1.62. The summed E-state index contributed by atoms with van der Waals surface area (Å²) in [6, 6.07) is 7.21. The lowest BCUT2D eigenvalue weighted by atomic mass is 9.98. The number of fused-ring (bicyclic) bond motifs is 1. The van der Waals surface area contributed by atoms with E-state index in [9.17, 15) is 9.59 Å². The molecule has 1 aliphatic heterocycles. The van der Waals surface area contributed by atoms with Crippen LogP contribution in [0, 0.1) is 11.8 Å². The number of nitrogens with two attached hydrogens (primary N) is 1. The Hall–Kier alpha value is -1.59. The van der Waals surface area contributed by atoms with Crippen molar-refractivity contribution in [2.24, 2.45) is 17.6 Å². The van der Waals surface area contributed by atoms with Crippen molar-refractivity contribution in [3.05, 3.63) is 35.4 Å². The first-order valence-corrected chi connectivity index (χ1v) is 7.84. The van der Waals surface area contributed by atoms with Crippen molar-refractivity contribution >= 4 is 24.2 Å². The second-order valence-corrected chi connectivity index (χ2v) is 6.66. The number of hydrogen-bond donors (Lipinski definition) is 1. The zero-order chi connectivity index (χ0) is 15.9. The molecule has 0 aromatic heterocycles. The quantitative estimate of drug-likeness (QED) is 0.891. The lowest BCUT2D eigenvalue weighted by molar-refractivity contribution is 0.0779. The fourth-order valence-electron chi connectivity index (χ4n) is 3.70. The molecule has 6 heteroatoms. The topological polar surface area (TPSA) is 66.6 Å². The van der Waals surface area contributed by atoms with Gasteiger partial charge in [0.15, 0.2) is 0 Å². The van der Waals surface area contributed by atoms with Gasteiger partial charge in [0.1, 0.15) is 0 Å². The van der Waals surface area contributed by atoms with Gasteiger partial charge in [0, 0.05) is 44.4 Å². The molecule has 3 atom stereocenters. The van der Waals surface area contributed by atoms with Crippen LogP contribution in [0.1, 0.15) is 33.6 Å². The Morgan fingerprint density at radius 1 is 1.17 bits per heavy atom. The molecule has 0 bridgehead atoms. The van der Waals surface area contributed by atoms with E-state index in [0.717, 1.165) is 25.9 Å². The summed E-state index contributed by atoms with van der Waals surface area (Å²) in [5.74, 6) is 0.908. The molecule has 1 saturated heterocycles. The first kappa shape index (κ1) is 17.8. The molecule has 2 N–H and O–H groups in total. The molecule has 5 nitrogen and oxygen atoms in total. The minimum absolute atomic E-state index is 0. The van der Waals surface area contributed by atoms with Crippen molar-refractivity contribution in [2.45, 2.75) is 18.9 Å². The van der Waals surface area contributed by atoms with Crippen LogP contribution in [0.25, 0.3) is 0 Å². The van der Waals surface area contributed by atoms with Crippen molar-refractivity contribution in [1.82, 2.24) is 9.80 Å². The van der Waals surface area contributed by atoms with Crippen LogP contribution < -0.4 is 5.73 Å². The Bertz CT molecular complexity index is 605. The highest BCUT2D eigenvalue weighted by Gasteiger charge is 2.42. The third-order valence-electron chi connectivity index (χ3n) is 4.96. The maximum atomic E-state index is 12.7. The molecule has 2 amide bonds. The Morgan fingerprint density at radius 3 is 2.52 bits per heavy atom. The van der Waals surface area contributed by atoms with Crippen molar-refractivity contribution in [3.8, 4) is 0 Å². The second kappa shape index (κ2) is 6.89. The average Bonchev–Trinajstić information content (AvgIpc) is 3.08. The molecule has 1 aromatic carbocycles. The Kier molecular flexibility index (Phi) is 5.32. The highest BCUT2D eigenvalue weighted by atomic mass is 35.5. The van der Waals surface area contributed by atoms with Gasteiger partial charge in [-0.2, -0.15) is 0 Å². The molecule has 1 aliphatic carbocycles. The lowest BCUT2D eigenvalue weighted by Crippen LogP contribution is -2.33. The van der Waals surface area contributed by atoms with E-state index in [1.54, 1.807) is 38.4 Å². The van der Waals surface area contributed by atoms with Gasteiger partial charge in [0.25, 0.3) is 11.8 Å². The third-order valence-corrected chi connectivity index (χ3v) is 4.96. The van der Waals surface area contributed by atoms with Gasteiger partial charge >= 0.3 is 0 Å². The molecule has 0 radical (unpaired) electrons. The summed E-state index contributed by atoms with van der Waals surface area (Å²) in [5.41, 5.74) is 7.26. The van der Waals surface area contributed by atoms with Gasteiger partial charge in [-0.05, 0) is 42.9 Å². The molecule has 1 aromatic rings. The number of benzene rings is 1. The standard InChI is InChI=1S/C17H23N3O2.ClH/c1-19(2)16(21)11-4-3-5-12(8-11)17(22)20-9-13-6-7-15(18)14(13)10-20;/h3-5,8,13-15H,6-7,9-10,18H2,1-2H3;1H. The van der Waals surface area contributed by atoms with E-state index in [1.807, 2.05) is 4.90 Å². The highest BCUT2D eigenvalue weighted by Crippen LogP contribution is 2.37. The maximum absolute atomic E-state index is 12.7. The predicted molar refractivity (Wildman–Crippen MR) is 91.8 cm³/mol. The summed E-state index contributed by atoms with van der Waals surface area (Å²) < 4.78 is 0. The molecular weight excluding hydrogens is 314 g/mol. The van der Waals surface area contributed by atoms with E-state index >= 15 is 0 Å². The first-order valence-electron chi connectivity index (χ1n) is 7.84. The van der Waals surface area contributed by atoms with Gasteiger partial charge in [-0.3, -0.25) is 9.59 Å². The number of carbonyl (C=O) groups excluding carboxylic acids is 2. The van der Waals surface area contributed by atoms with Gasteiger partial charge in [-0.25, -0.2) is 0 Å². The average molecular weight is 338 g/mol. The highest BCUT2D eigenvalue weighted by molar-refractivity contribution is 5.99. The van der Waals surface area contributed by atoms with Crippen molar-refractivity contribution in [2.75, 3.05) is 27.2 Å². The van der Waals surface area contributed by atoms with Crippen LogP contribution in [-0.2, 0) is 0 Å². The molecule has 23 heavy (non-hydrogen) atoms. The van der Waals surface area contributed by atoms with Crippen molar-refractivity contribution in [1.29, 1.82) is 0 Å². The minimum atomic E-state index is -0.0880. The van der Waals surface area contributed by atoms with Crippen molar-refractivity contribution in [3.63, 3.8) is 0 Å². The molecule has 1 saturated carbocycles. The van der Waals surface area contributed by atoms with E-state index in [2.05, 4.69) is 0 Å². The van der Waals surface area contributed by atoms with Gasteiger partial charge in [0.05, 0.1) is 0 Å². The number of hydrogen-bond acceptors (Lipinski definition) is 3. The van der Waals surface area contributed by atoms with Crippen LogP contribution in [-0.4, -0.2) is 54.8 Å². The molecule has 3 rings (SSSR count). The van der Waals surface area contributed by atoms with Crippen LogP contribution in [0.15, 0.2) is 24.3 Å². The summed E-state index contributed by atoms with van der Waals surface area (Å²) in [7, 11) is 3.42. The monoisotopic (exact) mass is 337 g/mol. The van der Waals surface area contributed by atoms with Gasteiger partial charge in [-0.1, -0.05) is 6.07 Å². The molecule has 2 aliphatic rings. The smallest absolute Gasteiger partial charge is 0.253 e. The maximum Gasteiger partial charge on any atom is 0.253 e. The number of likely N-dealkylation sites (tertiary alicyclic amines) is 1. The van der Waals surface area contributed by atoms with Gasteiger partial charge in [0.2, 0.25) is 0 Å². The number of carbonyl (C=O) groups is 2. The zero-order valence-electron chi connectivity index (χ0n) is 13.6. The first-order chi connectivity index (χ1) is 10.5. The summed E-state index contributed by atoms with van der Waals surface area (Å²) in [6.07, 6.45) is 2.19. The van der Waals surface area contributed by atoms with Crippen LogP contribution in [0.3, 0.4) is 0 Å². The normalized spacial score (nSPS) is 25.7. The Labute approximate surface area is 143 Å². The van der Waals surface area contributed by atoms with Crippen LogP contribution in [0.2, 0.25) is 0 Å². The fourth-order valence-corrected chi connectivity index (χ4v) is 3.70. The van der Waals surface area contributed by atoms with Crippen LogP contribution in [0.5, 0.6) is 0 Å². The van der Waals surface area contributed by atoms with E-state index in [0.29, 0.717) is 23.0 Å². The Balaban J connectivity index is 0.00000192. The molecular formula is C17H24ClN3O2. The third kappa shape index (κ3) is 3.35. The van der Waals surface area contributed by atoms with E-state index in [1.165, 1.54) is 4.90 Å². The minimum Gasteiger partial charge on any atom is -0.345 e. The molecule has 1 heterocycles. The Morgan fingerprint density at radius 2 is 1.87 bits per heavy atom. The van der Waals surface area contributed by atoms with Gasteiger partial charge in [-0.15, -0.1) is 12.4 Å². The summed E-state index contributed by atoms with van der Waals surface area (Å²) in [4.78, 5) is 28.1. The number of nitrogens with zero attached hydrogens (tertiary/aromatic N) is 2. The fraction of sp³-hybridized carbons (Fsp3) is 0.529. The number of halogens is 1. The second-order valence-electron chi connectivity index (χ2n) is 6.66.